The lowest BCUT2D eigenvalue weighted by Gasteiger charge is -2.25. The summed E-state index contributed by atoms with van der Waals surface area (Å²) in [5.74, 6) is 0. The number of aliphatic hydroxyl groups excluding tert-OH is 1. The van der Waals surface area contributed by atoms with E-state index in [1.807, 2.05) is 0 Å². The highest BCUT2D eigenvalue weighted by Gasteiger charge is 2.48. The lowest BCUT2D eigenvalue weighted by atomic mass is 10.1. The Morgan fingerprint density at radius 1 is 1.52 bits per heavy atom. The van der Waals surface area contributed by atoms with Gasteiger partial charge < -0.3 is 24.0 Å². The van der Waals surface area contributed by atoms with Gasteiger partial charge in [-0.3, -0.25) is 14.3 Å². The second-order valence-corrected chi connectivity index (χ2v) is 10.1. The van der Waals surface area contributed by atoms with Crippen LogP contribution in [0.2, 0.25) is 0 Å². The van der Waals surface area contributed by atoms with Crippen molar-refractivity contribution in [3.8, 4) is 0 Å². The fourth-order valence-electron chi connectivity index (χ4n) is 2.39. The highest BCUT2D eigenvalue weighted by molar-refractivity contribution is 8.59. The number of hydrogen-bond acceptors (Lipinski definition) is 7. The molecule has 1 fully saturated rings. The van der Waals surface area contributed by atoms with Gasteiger partial charge in [-0.1, -0.05) is 12.2 Å². The van der Waals surface area contributed by atoms with E-state index < -0.39 is 48.1 Å². The van der Waals surface area contributed by atoms with Crippen LogP contribution in [0.5, 0.6) is 0 Å². The molecule has 0 spiro atoms. The maximum Gasteiger partial charge on any atom is 0.330 e. The van der Waals surface area contributed by atoms with Gasteiger partial charge in [0, 0.05) is 18.9 Å². The van der Waals surface area contributed by atoms with Crippen LogP contribution in [-0.2, 0) is 25.8 Å². The first-order valence-corrected chi connectivity index (χ1v) is 10.4. The van der Waals surface area contributed by atoms with Gasteiger partial charge in [0.2, 0.25) is 5.69 Å². The number of H-pyrrole nitrogens is 1. The van der Waals surface area contributed by atoms with Crippen LogP contribution in [0.15, 0.2) is 15.8 Å². The lowest BCUT2D eigenvalue weighted by Crippen LogP contribution is -2.40. The molecule has 0 aromatic carbocycles. The molecule has 23 heavy (non-hydrogen) atoms. The second kappa shape index (κ2) is 7.16. The van der Waals surface area contributed by atoms with Crippen molar-refractivity contribution in [1.29, 1.82) is 0 Å². The van der Waals surface area contributed by atoms with Crippen molar-refractivity contribution in [2.75, 3.05) is 13.7 Å². The van der Waals surface area contributed by atoms with Gasteiger partial charge in [0.25, 0.3) is 5.56 Å². The first-order chi connectivity index (χ1) is 10.7. The third-order valence-corrected chi connectivity index (χ3v) is 4.48. The first kappa shape index (κ1) is 18.8. The van der Waals surface area contributed by atoms with Crippen LogP contribution < -0.4 is 11.2 Å². The van der Waals surface area contributed by atoms with E-state index in [2.05, 4.69) is 17.2 Å². The van der Waals surface area contributed by atoms with Crippen LogP contribution in [0.4, 0.5) is 0 Å². The minimum atomic E-state index is -3.35. The van der Waals surface area contributed by atoms with Gasteiger partial charge in [0.1, 0.15) is 18.3 Å². The molecule has 2 heterocycles. The minimum absolute atomic E-state index is 0.300. The number of thiol groups is 1. The Bertz CT molecular complexity index is 730. The van der Waals surface area contributed by atoms with Crippen molar-refractivity contribution in [2.45, 2.75) is 31.5 Å². The monoisotopic (exact) mass is 384 g/mol. The summed E-state index contributed by atoms with van der Waals surface area (Å²) in [6.45, 7) is 1.09. The van der Waals surface area contributed by atoms with Crippen molar-refractivity contribution in [1.82, 2.24) is 9.55 Å². The number of methoxy groups -OCH3 is 1. The molecule has 130 valence electrons. The van der Waals surface area contributed by atoms with E-state index in [9.17, 15) is 19.6 Å². The van der Waals surface area contributed by atoms with Crippen LogP contribution in [0.1, 0.15) is 11.8 Å². The van der Waals surface area contributed by atoms with Gasteiger partial charge in [-0.15, -0.1) is 0 Å². The van der Waals surface area contributed by atoms with Crippen LogP contribution in [0.25, 0.3) is 0 Å². The summed E-state index contributed by atoms with van der Waals surface area (Å²) in [5, 5.41) is 9.45. The zero-order chi connectivity index (χ0) is 17.4. The molecule has 0 radical (unpaired) electrons. The molecular weight excluding hydrogens is 367 g/mol. The van der Waals surface area contributed by atoms with Gasteiger partial charge in [0.15, 0.2) is 6.23 Å². The average molecular weight is 384 g/mol. The van der Waals surface area contributed by atoms with Gasteiger partial charge >= 0.3 is 5.69 Å². The summed E-state index contributed by atoms with van der Waals surface area (Å²) in [7, 11) is 1.36. The van der Waals surface area contributed by atoms with Crippen LogP contribution in [0.3, 0.4) is 0 Å². The Hall–Kier alpha value is -0.520. The van der Waals surface area contributed by atoms with E-state index in [-0.39, 0.29) is 0 Å². The molecule has 1 aromatic heterocycles. The molecule has 0 aliphatic carbocycles. The molecule has 1 aliphatic rings. The van der Waals surface area contributed by atoms with Crippen LogP contribution in [-0.4, -0.2) is 51.6 Å². The maximum absolute atomic E-state index is 12.0. The van der Waals surface area contributed by atoms with Crippen molar-refractivity contribution < 1.29 is 24.0 Å². The zero-order valence-electron chi connectivity index (χ0n) is 12.3. The Labute approximate surface area is 141 Å². The van der Waals surface area contributed by atoms with E-state index in [0.29, 0.717) is 5.56 Å². The predicted octanol–water partition coefficient (Wildman–Crippen LogP) is -0.718. The van der Waals surface area contributed by atoms with E-state index in [1.54, 1.807) is 0 Å². The van der Waals surface area contributed by atoms with Crippen LogP contribution >= 0.6 is 17.9 Å². The van der Waals surface area contributed by atoms with Gasteiger partial charge in [-0.2, -0.15) is 0 Å². The molecule has 9 nitrogen and oxygen atoms in total. The summed E-state index contributed by atoms with van der Waals surface area (Å²) in [4.78, 5) is 35.3. The summed E-state index contributed by atoms with van der Waals surface area (Å²) in [5.41, 5.74) is -4.25. The molecular formula is C11H17N2O7PS2. The summed E-state index contributed by atoms with van der Waals surface area (Å²) >= 11 is 8.55. The normalized spacial score (nSPS) is 30.3. The molecule has 0 saturated carbocycles. The smallest absolute Gasteiger partial charge is 0.330 e. The van der Waals surface area contributed by atoms with Crippen molar-refractivity contribution in [3.63, 3.8) is 0 Å². The number of rotatable bonds is 5. The summed E-state index contributed by atoms with van der Waals surface area (Å²) in [6.07, 6.45) is -2.31. The van der Waals surface area contributed by atoms with E-state index in [0.717, 1.165) is 4.57 Å². The van der Waals surface area contributed by atoms with E-state index >= 15 is 0 Å². The number of aliphatic hydroxyl groups is 1. The average Bonchev–Trinajstić information content (AvgIpc) is 2.78. The molecule has 0 amide bonds. The molecule has 5 atom stereocenters. The zero-order valence-corrected chi connectivity index (χ0v) is 14.9. The SMILES string of the molecule is CO[C@@H]1[C@H](OP(O)(=S)S)[C@@H](CO)O[C@H]1n1cc(C)c(=O)[nH]c1=O. The maximum atomic E-state index is 12.0. The molecule has 12 heteroatoms. The third kappa shape index (κ3) is 4.12. The van der Waals surface area contributed by atoms with E-state index in [4.69, 9.17) is 25.8 Å². The number of aromatic nitrogens is 2. The fraction of sp³-hybridized carbons (Fsp3) is 0.636. The van der Waals surface area contributed by atoms with Crippen molar-refractivity contribution in [3.05, 3.63) is 32.6 Å². The minimum Gasteiger partial charge on any atom is -0.394 e. The van der Waals surface area contributed by atoms with Gasteiger partial charge in [-0.25, -0.2) is 4.79 Å². The Kier molecular flexibility index (Phi) is 5.85. The number of nitrogens with one attached hydrogen (secondary N) is 1. The largest absolute Gasteiger partial charge is 0.394 e. The topological polar surface area (TPSA) is 123 Å². The number of aryl methyl sites for hydroxylation is 1. The van der Waals surface area contributed by atoms with Crippen LogP contribution in [0, 0.1) is 6.92 Å². The molecule has 1 aromatic rings. The molecule has 1 unspecified atom stereocenters. The highest BCUT2D eigenvalue weighted by atomic mass is 32.9. The molecule has 1 saturated heterocycles. The van der Waals surface area contributed by atoms with E-state index in [1.165, 1.54) is 20.2 Å². The Balaban J connectivity index is 2.44. The molecule has 2 rings (SSSR count). The summed E-state index contributed by atoms with van der Waals surface area (Å²) in [6, 6.07) is 0. The number of aromatic amines is 1. The highest BCUT2D eigenvalue weighted by Crippen LogP contribution is 2.51. The third-order valence-electron chi connectivity index (χ3n) is 3.42. The number of hydrogen-bond donors (Lipinski definition) is 4. The number of ether oxygens (including phenoxy) is 2. The van der Waals surface area contributed by atoms with Crippen molar-refractivity contribution in [2.24, 2.45) is 0 Å². The Morgan fingerprint density at radius 2 is 2.17 bits per heavy atom. The van der Waals surface area contributed by atoms with Crippen molar-refractivity contribution >= 4 is 29.7 Å². The number of nitrogens with zero attached hydrogens (tertiary/aromatic N) is 1. The molecule has 3 N–H and O–H groups in total. The first-order valence-electron chi connectivity index (χ1n) is 6.53. The second-order valence-electron chi connectivity index (χ2n) is 4.99. The van der Waals surface area contributed by atoms with Gasteiger partial charge in [0.05, 0.1) is 6.61 Å². The standard InChI is InChI=1S/C11H17N2O7PS2/c1-5-3-13(11(16)12-9(5)15)10-8(18-2)7(6(4-14)19-10)20-21(17,22)23/h3,6-8,10,14H,4H2,1-2H3,(H,12,15,16)(H2,17,22,23)/t6-,7-,8-,10-/m1/s1. The molecule has 1 aliphatic heterocycles. The predicted molar refractivity (Wildman–Crippen MR) is 88.2 cm³/mol. The Morgan fingerprint density at radius 3 is 2.70 bits per heavy atom. The summed E-state index contributed by atoms with van der Waals surface area (Å²) < 4.78 is 17.3. The lowest BCUT2D eigenvalue weighted by molar-refractivity contribution is -0.0626. The fourth-order valence-corrected chi connectivity index (χ4v) is 3.59. The van der Waals surface area contributed by atoms with Gasteiger partial charge in [-0.05, 0) is 18.7 Å². The molecule has 0 bridgehead atoms. The quantitative estimate of drug-likeness (QED) is 0.388.